The number of hydrazone groups is 1. The van der Waals surface area contributed by atoms with Crippen molar-refractivity contribution in [2.24, 2.45) is 5.10 Å². The fourth-order valence-corrected chi connectivity index (χ4v) is 2.72. The van der Waals surface area contributed by atoms with Crippen LogP contribution in [0.25, 0.3) is 0 Å². The number of methoxy groups -OCH3 is 1. The first-order chi connectivity index (χ1) is 13.8. The highest BCUT2D eigenvalue weighted by Crippen LogP contribution is 2.29. The van der Waals surface area contributed by atoms with Crippen LogP contribution in [0.2, 0.25) is 0 Å². The average Bonchev–Trinajstić information content (AvgIpc) is 2.70. The molecule has 0 radical (unpaired) electrons. The predicted octanol–water partition coefficient (Wildman–Crippen LogP) is 5.21. The standard InChI is InChI=1S/C24H32N2O3/c1-6-7-8-23(27)26-25-16-19-11-14-21(22(15-19)28-5)29-17-18-9-12-20(13-10-18)24(2,3)4/h9-16H,6-8,17H2,1-5H3,(H,26,27)/b25-16+. The smallest absolute Gasteiger partial charge is 0.240 e. The average molecular weight is 397 g/mol. The molecule has 0 aliphatic carbocycles. The molecule has 0 spiro atoms. The predicted molar refractivity (Wildman–Crippen MR) is 118 cm³/mol. The molecule has 2 rings (SSSR count). The van der Waals surface area contributed by atoms with E-state index in [1.54, 1.807) is 13.3 Å². The summed E-state index contributed by atoms with van der Waals surface area (Å²) >= 11 is 0. The van der Waals surface area contributed by atoms with Crippen LogP contribution in [-0.4, -0.2) is 19.2 Å². The molecule has 0 saturated carbocycles. The summed E-state index contributed by atoms with van der Waals surface area (Å²) in [4.78, 5) is 11.6. The molecule has 0 unspecified atom stereocenters. The van der Waals surface area contributed by atoms with Gasteiger partial charge in [0.15, 0.2) is 11.5 Å². The fraction of sp³-hybridized carbons (Fsp3) is 0.417. The molecule has 0 aromatic heterocycles. The van der Waals surface area contributed by atoms with Crippen LogP contribution in [0.4, 0.5) is 0 Å². The lowest BCUT2D eigenvalue weighted by Crippen LogP contribution is -2.16. The van der Waals surface area contributed by atoms with E-state index in [1.165, 1.54) is 5.56 Å². The monoisotopic (exact) mass is 396 g/mol. The van der Waals surface area contributed by atoms with Gasteiger partial charge in [-0.25, -0.2) is 5.43 Å². The van der Waals surface area contributed by atoms with Gasteiger partial charge in [0.05, 0.1) is 13.3 Å². The number of carbonyl (C=O) groups excluding carboxylic acids is 1. The lowest BCUT2D eigenvalue weighted by atomic mass is 9.87. The van der Waals surface area contributed by atoms with Gasteiger partial charge >= 0.3 is 0 Å². The minimum atomic E-state index is -0.0764. The lowest BCUT2D eigenvalue weighted by molar-refractivity contribution is -0.121. The van der Waals surface area contributed by atoms with Crippen molar-refractivity contribution in [2.75, 3.05) is 7.11 Å². The number of hydrogen-bond acceptors (Lipinski definition) is 4. The van der Waals surface area contributed by atoms with Gasteiger partial charge in [-0.15, -0.1) is 0 Å². The molecule has 0 aliphatic rings. The van der Waals surface area contributed by atoms with Crippen LogP contribution in [-0.2, 0) is 16.8 Å². The Balaban J connectivity index is 1.97. The van der Waals surface area contributed by atoms with E-state index in [1.807, 2.05) is 25.1 Å². The van der Waals surface area contributed by atoms with Gasteiger partial charge in [0, 0.05) is 6.42 Å². The van der Waals surface area contributed by atoms with Gasteiger partial charge in [-0.2, -0.15) is 5.10 Å². The molecule has 5 nitrogen and oxygen atoms in total. The molecule has 2 aromatic rings. The van der Waals surface area contributed by atoms with Crippen molar-refractivity contribution < 1.29 is 14.3 Å². The summed E-state index contributed by atoms with van der Waals surface area (Å²) in [7, 11) is 1.60. The van der Waals surface area contributed by atoms with Crippen molar-refractivity contribution >= 4 is 12.1 Å². The summed E-state index contributed by atoms with van der Waals surface area (Å²) in [6.07, 6.45) is 3.93. The number of unbranched alkanes of at least 4 members (excludes halogenated alkanes) is 1. The molecule has 0 atom stereocenters. The van der Waals surface area contributed by atoms with Crippen LogP contribution < -0.4 is 14.9 Å². The van der Waals surface area contributed by atoms with Gasteiger partial charge in [-0.05, 0) is 46.7 Å². The third kappa shape index (κ3) is 7.26. The molecule has 5 heteroatoms. The van der Waals surface area contributed by atoms with E-state index in [-0.39, 0.29) is 11.3 Å². The SMILES string of the molecule is CCCCC(=O)N/N=C/c1ccc(OCc2ccc(C(C)(C)C)cc2)c(OC)c1. The molecule has 2 aromatic carbocycles. The maximum atomic E-state index is 11.6. The van der Waals surface area contributed by atoms with Crippen LogP contribution >= 0.6 is 0 Å². The van der Waals surface area contributed by atoms with Crippen LogP contribution in [0.5, 0.6) is 11.5 Å². The molecule has 0 aliphatic heterocycles. The summed E-state index contributed by atoms with van der Waals surface area (Å²) in [6, 6.07) is 14.0. The Morgan fingerprint density at radius 1 is 1.10 bits per heavy atom. The van der Waals surface area contributed by atoms with Gasteiger partial charge in [-0.3, -0.25) is 4.79 Å². The molecule has 0 saturated heterocycles. The summed E-state index contributed by atoms with van der Waals surface area (Å²) < 4.78 is 11.4. The number of ether oxygens (including phenoxy) is 2. The third-order valence-corrected chi connectivity index (χ3v) is 4.56. The van der Waals surface area contributed by atoms with Crippen molar-refractivity contribution in [3.05, 3.63) is 59.2 Å². The number of benzene rings is 2. The zero-order valence-electron chi connectivity index (χ0n) is 18.1. The minimum absolute atomic E-state index is 0.0764. The number of amides is 1. The van der Waals surface area contributed by atoms with Gasteiger partial charge in [-0.1, -0.05) is 58.4 Å². The fourth-order valence-electron chi connectivity index (χ4n) is 2.72. The molecule has 29 heavy (non-hydrogen) atoms. The van der Waals surface area contributed by atoms with E-state index < -0.39 is 0 Å². The van der Waals surface area contributed by atoms with E-state index in [0.29, 0.717) is 24.5 Å². The van der Waals surface area contributed by atoms with Crippen LogP contribution in [0, 0.1) is 0 Å². The highest BCUT2D eigenvalue weighted by atomic mass is 16.5. The summed E-state index contributed by atoms with van der Waals surface area (Å²) in [5, 5.41) is 4.00. The maximum Gasteiger partial charge on any atom is 0.240 e. The van der Waals surface area contributed by atoms with Crippen LogP contribution in [0.3, 0.4) is 0 Å². The highest BCUT2D eigenvalue weighted by molar-refractivity contribution is 5.83. The quantitative estimate of drug-likeness (QED) is 0.467. The number of rotatable bonds is 9. The molecule has 0 heterocycles. The van der Waals surface area contributed by atoms with Gasteiger partial charge in [0.25, 0.3) is 0 Å². The normalized spacial score (nSPS) is 11.5. The van der Waals surface area contributed by atoms with E-state index >= 15 is 0 Å². The van der Waals surface area contributed by atoms with E-state index in [4.69, 9.17) is 9.47 Å². The zero-order chi connectivity index (χ0) is 21.3. The molecule has 0 fully saturated rings. The molecule has 1 amide bonds. The summed E-state index contributed by atoms with van der Waals surface area (Å²) in [5.74, 6) is 1.21. The van der Waals surface area contributed by atoms with Crippen molar-refractivity contribution in [3.8, 4) is 11.5 Å². The van der Waals surface area contributed by atoms with Gasteiger partial charge < -0.3 is 9.47 Å². The zero-order valence-corrected chi connectivity index (χ0v) is 18.1. The second-order valence-electron chi connectivity index (χ2n) is 8.04. The van der Waals surface area contributed by atoms with Crippen molar-refractivity contribution in [1.29, 1.82) is 0 Å². The van der Waals surface area contributed by atoms with Gasteiger partial charge in [0.2, 0.25) is 5.91 Å². The first kappa shape index (κ1) is 22.5. The van der Waals surface area contributed by atoms with E-state index in [2.05, 4.69) is 55.6 Å². The third-order valence-electron chi connectivity index (χ3n) is 4.56. The number of nitrogens with one attached hydrogen (secondary N) is 1. The first-order valence-electron chi connectivity index (χ1n) is 10.1. The largest absolute Gasteiger partial charge is 0.493 e. The molecular weight excluding hydrogens is 364 g/mol. The Bertz CT molecular complexity index is 821. The van der Waals surface area contributed by atoms with E-state index in [9.17, 15) is 4.79 Å². The van der Waals surface area contributed by atoms with Gasteiger partial charge in [0.1, 0.15) is 6.61 Å². The Morgan fingerprint density at radius 2 is 1.83 bits per heavy atom. The topological polar surface area (TPSA) is 59.9 Å². The summed E-state index contributed by atoms with van der Waals surface area (Å²) in [6.45, 7) is 9.11. The Morgan fingerprint density at radius 3 is 2.45 bits per heavy atom. The second kappa shape index (κ2) is 10.6. The van der Waals surface area contributed by atoms with Crippen LogP contribution in [0.1, 0.15) is 63.6 Å². The highest BCUT2D eigenvalue weighted by Gasteiger charge is 2.13. The molecule has 0 bridgehead atoms. The Labute approximate surface area is 174 Å². The van der Waals surface area contributed by atoms with Crippen molar-refractivity contribution in [1.82, 2.24) is 5.43 Å². The second-order valence-corrected chi connectivity index (χ2v) is 8.04. The number of hydrogen-bond donors (Lipinski definition) is 1. The minimum Gasteiger partial charge on any atom is -0.493 e. The van der Waals surface area contributed by atoms with E-state index in [0.717, 1.165) is 24.0 Å². The van der Waals surface area contributed by atoms with Crippen LogP contribution in [0.15, 0.2) is 47.6 Å². The number of nitrogens with zero attached hydrogens (tertiary/aromatic N) is 1. The van der Waals surface area contributed by atoms with Crippen molar-refractivity contribution in [3.63, 3.8) is 0 Å². The molecule has 156 valence electrons. The Kier molecular flexibility index (Phi) is 8.25. The van der Waals surface area contributed by atoms with Crippen molar-refractivity contribution in [2.45, 2.75) is 59.0 Å². The molecular formula is C24H32N2O3. The Hall–Kier alpha value is -2.82. The number of carbonyl (C=O) groups is 1. The maximum absolute atomic E-state index is 11.6. The lowest BCUT2D eigenvalue weighted by Gasteiger charge is -2.19. The molecule has 1 N–H and O–H groups in total. The summed E-state index contributed by atoms with van der Waals surface area (Å²) in [5.41, 5.74) is 5.88. The first-order valence-corrected chi connectivity index (χ1v) is 10.1.